The highest BCUT2D eigenvalue weighted by atomic mass is 16.2. The normalized spacial score (nSPS) is 19.4. The summed E-state index contributed by atoms with van der Waals surface area (Å²) in [6, 6.07) is 17.8. The molecular weight excluding hydrogens is 364 g/mol. The standard InChI is InChI=1S/C23H28N4O2/c28-22(18-8-10-19(11-9-18)25-23(29)26-20-12-13-20)24-21-7-4-14-27(16-21)15-17-5-2-1-3-6-17/h1-3,5-6,8-11,20-21H,4,7,12-16H2,(H,24,28)(H2,25,26,29). The molecule has 2 fully saturated rings. The molecule has 1 saturated heterocycles. The van der Waals surface area contributed by atoms with E-state index in [1.807, 2.05) is 6.07 Å². The Morgan fingerprint density at radius 3 is 2.38 bits per heavy atom. The lowest BCUT2D eigenvalue weighted by atomic mass is 10.0. The van der Waals surface area contributed by atoms with Crippen LogP contribution in [0.15, 0.2) is 54.6 Å². The van der Waals surface area contributed by atoms with Crippen LogP contribution in [0.2, 0.25) is 0 Å². The lowest BCUT2D eigenvalue weighted by molar-refractivity contribution is 0.0901. The van der Waals surface area contributed by atoms with Crippen molar-refractivity contribution in [2.75, 3.05) is 18.4 Å². The Labute approximate surface area is 171 Å². The van der Waals surface area contributed by atoms with Crippen molar-refractivity contribution < 1.29 is 9.59 Å². The van der Waals surface area contributed by atoms with Gasteiger partial charge in [0.25, 0.3) is 5.91 Å². The molecule has 1 saturated carbocycles. The van der Waals surface area contributed by atoms with Crippen LogP contribution < -0.4 is 16.0 Å². The first-order chi connectivity index (χ1) is 14.2. The lowest BCUT2D eigenvalue weighted by Crippen LogP contribution is -2.47. The molecule has 1 aliphatic heterocycles. The topological polar surface area (TPSA) is 73.5 Å². The van der Waals surface area contributed by atoms with E-state index in [9.17, 15) is 9.59 Å². The molecule has 6 nitrogen and oxygen atoms in total. The molecule has 2 aromatic carbocycles. The number of hydrogen-bond acceptors (Lipinski definition) is 3. The maximum atomic E-state index is 12.6. The van der Waals surface area contributed by atoms with Crippen LogP contribution in [0.4, 0.5) is 10.5 Å². The number of hydrogen-bond donors (Lipinski definition) is 3. The number of carbonyl (C=O) groups is 2. The summed E-state index contributed by atoms with van der Waals surface area (Å²) in [5, 5.41) is 8.85. The quantitative estimate of drug-likeness (QED) is 0.706. The highest BCUT2D eigenvalue weighted by Gasteiger charge is 2.23. The van der Waals surface area contributed by atoms with E-state index in [0.717, 1.165) is 45.3 Å². The maximum Gasteiger partial charge on any atom is 0.319 e. The van der Waals surface area contributed by atoms with E-state index in [1.165, 1.54) is 5.56 Å². The Bertz CT molecular complexity index is 834. The molecule has 0 spiro atoms. The molecule has 2 aromatic rings. The predicted molar refractivity (Wildman–Crippen MR) is 114 cm³/mol. The van der Waals surface area contributed by atoms with Crippen LogP contribution in [0.5, 0.6) is 0 Å². The van der Waals surface area contributed by atoms with Gasteiger partial charge in [0.1, 0.15) is 0 Å². The Kier molecular flexibility index (Phi) is 6.10. The number of nitrogens with zero attached hydrogens (tertiary/aromatic N) is 1. The van der Waals surface area contributed by atoms with Crippen molar-refractivity contribution in [1.82, 2.24) is 15.5 Å². The Morgan fingerprint density at radius 2 is 1.66 bits per heavy atom. The predicted octanol–water partition coefficient (Wildman–Crippen LogP) is 3.36. The van der Waals surface area contributed by atoms with Gasteiger partial charge in [-0.3, -0.25) is 9.69 Å². The van der Waals surface area contributed by atoms with Gasteiger partial charge in [-0.1, -0.05) is 30.3 Å². The van der Waals surface area contributed by atoms with Crippen molar-refractivity contribution in [2.45, 2.75) is 44.3 Å². The zero-order chi connectivity index (χ0) is 20.1. The van der Waals surface area contributed by atoms with Gasteiger partial charge in [-0.05, 0) is 62.1 Å². The van der Waals surface area contributed by atoms with Crippen LogP contribution in [0.25, 0.3) is 0 Å². The van der Waals surface area contributed by atoms with E-state index in [0.29, 0.717) is 17.3 Å². The fourth-order valence-electron chi connectivity index (χ4n) is 3.71. The molecule has 1 unspecified atom stereocenters. The van der Waals surface area contributed by atoms with Crippen LogP contribution in [0.1, 0.15) is 41.6 Å². The summed E-state index contributed by atoms with van der Waals surface area (Å²) in [5.74, 6) is -0.0643. The number of benzene rings is 2. The minimum atomic E-state index is -0.189. The molecule has 1 aliphatic carbocycles. The molecule has 2 aliphatic rings. The number of piperidine rings is 1. The van der Waals surface area contributed by atoms with E-state index in [-0.39, 0.29) is 18.0 Å². The zero-order valence-electron chi connectivity index (χ0n) is 16.6. The van der Waals surface area contributed by atoms with Crippen LogP contribution in [-0.2, 0) is 6.54 Å². The zero-order valence-corrected chi connectivity index (χ0v) is 16.6. The minimum absolute atomic E-state index is 0.0643. The van der Waals surface area contributed by atoms with E-state index < -0.39 is 0 Å². The van der Waals surface area contributed by atoms with Gasteiger partial charge >= 0.3 is 6.03 Å². The van der Waals surface area contributed by atoms with Gasteiger partial charge in [0, 0.05) is 36.4 Å². The van der Waals surface area contributed by atoms with E-state index in [2.05, 4.69) is 45.1 Å². The van der Waals surface area contributed by atoms with E-state index in [4.69, 9.17) is 0 Å². The van der Waals surface area contributed by atoms with Gasteiger partial charge in [-0.15, -0.1) is 0 Å². The molecule has 1 heterocycles. The largest absolute Gasteiger partial charge is 0.348 e. The second-order valence-electron chi connectivity index (χ2n) is 7.98. The van der Waals surface area contributed by atoms with Gasteiger partial charge in [0.15, 0.2) is 0 Å². The number of anilines is 1. The third-order valence-electron chi connectivity index (χ3n) is 5.41. The summed E-state index contributed by atoms with van der Waals surface area (Å²) in [4.78, 5) is 26.8. The van der Waals surface area contributed by atoms with E-state index >= 15 is 0 Å². The van der Waals surface area contributed by atoms with Crippen molar-refractivity contribution in [3.8, 4) is 0 Å². The van der Waals surface area contributed by atoms with Crippen LogP contribution in [-0.4, -0.2) is 42.0 Å². The van der Waals surface area contributed by atoms with Crippen molar-refractivity contribution in [3.63, 3.8) is 0 Å². The van der Waals surface area contributed by atoms with Crippen molar-refractivity contribution >= 4 is 17.6 Å². The second kappa shape index (κ2) is 9.09. The number of nitrogens with one attached hydrogen (secondary N) is 3. The van der Waals surface area contributed by atoms with Crippen LogP contribution in [0.3, 0.4) is 0 Å². The summed E-state index contributed by atoms with van der Waals surface area (Å²) in [6.45, 7) is 2.84. The van der Waals surface area contributed by atoms with Crippen LogP contribution in [0, 0.1) is 0 Å². The second-order valence-corrected chi connectivity index (χ2v) is 7.98. The van der Waals surface area contributed by atoms with Gasteiger partial charge < -0.3 is 16.0 Å². The SMILES string of the molecule is O=C(Nc1ccc(C(=O)NC2CCCN(Cc3ccccc3)C2)cc1)NC1CC1. The molecule has 152 valence electrons. The molecule has 0 aromatic heterocycles. The molecule has 0 radical (unpaired) electrons. The first kappa shape index (κ1) is 19.5. The molecule has 4 rings (SSSR count). The Morgan fingerprint density at radius 1 is 0.897 bits per heavy atom. The fraction of sp³-hybridized carbons (Fsp3) is 0.391. The summed E-state index contributed by atoms with van der Waals surface area (Å²) >= 11 is 0. The first-order valence-corrected chi connectivity index (χ1v) is 10.4. The number of urea groups is 1. The molecule has 3 N–H and O–H groups in total. The Hall–Kier alpha value is -2.86. The average Bonchev–Trinajstić information content (AvgIpc) is 3.53. The molecule has 3 amide bonds. The Balaban J connectivity index is 1.27. The van der Waals surface area contributed by atoms with Gasteiger partial charge in [-0.25, -0.2) is 4.79 Å². The third kappa shape index (κ3) is 5.81. The van der Waals surface area contributed by atoms with Gasteiger partial charge in [0.2, 0.25) is 0 Å². The highest BCUT2D eigenvalue weighted by molar-refractivity contribution is 5.95. The van der Waals surface area contributed by atoms with Gasteiger partial charge in [0.05, 0.1) is 0 Å². The summed E-state index contributed by atoms with van der Waals surface area (Å²) in [6.07, 6.45) is 4.18. The van der Waals surface area contributed by atoms with Crippen molar-refractivity contribution in [1.29, 1.82) is 0 Å². The number of likely N-dealkylation sites (tertiary alicyclic amines) is 1. The number of carbonyl (C=O) groups excluding carboxylic acids is 2. The first-order valence-electron chi connectivity index (χ1n) is 10.4. The number of amides is 3. The van der Waals surface area contributed by atoms with Crippen LogP contribution >= 0.6 is 0 Å². The monoisotopic (exact) mass is 392 g/mol. The summed E-state index contributed by atoms with van der Waals surface area (Å²) < 4.78 is 0. The third-order valence-corrected chi connectivity index (χ3v) is 5.41. The van der Waals surface area contributed by atoms with Crippen molar-refractivity contribution in [2.24, 2.45) is 0 Å². The van der Waals surface area contributed by atoms with Crippen molar-refractivity contribution in [3.05, 3.63) is 65.7 Å². The smallest absolute Gasteiger partial charge is 0.319 e. The maximum absolute atomic E-state index is 12.6. The average molecular weight is 393 g/mol. The number of rotatable bonds is 6. The highest BCUT2D eigenvalue weighted by Crippen LogP contribution is 2.19. The molecule has 29 heavy (non-hydrogen) atoms. The molecule has 1 atom stereocenters. The molecule has 0 bridgehead atoms. The molecular formula is C23H28N4O2. The summed E-state index contributed by atoms with van der Waals surface area (Å²) in [7, 11) is 0. The molecule has 6 heteroatoms. The summed E-state index contributed by atoms with van der Waals surface area (Å²) in [5.41, 5.74) is 2.60. The lowest BCUT2D eigenvalue weighted by Gasteiger charge is -2.33. The van der Waals surface area contributed by atoms with E-state index in [1.54, 1.807) is 24.3 Å². The minimum Gasteiger partial charge on any atom is -0.348 e. The van der Waals surface area contributed by atoms with Gasteiger partial charge in [-0.2, -0.15) is 0 Å². The fourth-order valence-corrected chi connectivity index (χ4v) is 3.71.